The van der Waals surface area contributed by atoms with Crippen molar-refractivity contribution < 1.29 is 18.3 Å². The van der Waals surface area contributed by atoms with E-state index in [2.05, 4.69) is 13.0 Å². The Balaban J connectivity index is 1.71. The number of hydrogen-bond acceptors (Lipinski definition) is 4. The first-order chi connectivity index (χ1) is 11.9. The highest BCUT2D eigenvalue weighted by molar-refractivity contribution is 7.92. The number of benzene rings is 1. The molecule has 3 rings (SSSR count). The van der Waals surface area contributed by atoms with Gasteiger partial charge in [0.05, 0.1) is 18.5 Å². The first kappa shape index (κ1) is 18.2. The van der Waals surface area contributed by atoms with Crippen LogP contribution in [0.2, 0.25) is 0 Å². The van der Waals surface area contributed by atoms with Gasteiger partial charge in [0.1, 0.15) is 11.0 Å². The fourth-order valence-corrected chi connectivity index (χ4v) is 5.92. The van der Waals surface area contributed by atoms with Crippen molar-refractivity contribution in [1.29, 1.82) is 0 Å². The summed E-state index contributed by atoms with van der Waals surface area (Å²) in [5.74, 6) is 0.455. The van der Waals surface area contributed by atoms with E-state index in [1.54, 1.807) is 12.1 Å². The zero-order chi connectivity index (χ0) is 18.0. The number of phenols is 1. The molecule has 2 atom stereocenters. The second kappa shape index (κ2) is 7.34. The number of ether oxygens (including phenoxy) is 1. The van der Waals surface area contributed by atoms with Crippen molar-refractivity contribution in [2.24, 2.45) is 0 Å². The number of phenolic OH excluding ortho intramolecular Hbond substituents is 1. The zero-order valence-corrected chi connectivity index (χ0v) is 15.7. The zero-order valence-electron chi connectivity index (χ0n) is 14.9. The highest BCUT2D eigenvalue weighted by Gasteiger charge is 2.45. The summed E-state index contributed by atoms with van der Waals surface area (Å²) < 4.78 is 30.1. The van der Waals surface area contributed by atoms with Crippen molar-refractivity contribution >= 4 is 15.9 Å². The van der Waals surface area contributed by atoms with Crippen LogP contribution < -0.4 is 0 Å². The van der Waals surface area contributed by atoms with Crippen LogP contribution in [-0.4, -0.2) is 37.2 Å². The molecule has 1 aromatic carbocycles. The highest BCUT2D eigenvalue weighted by Crippen LogP contribution is 2.38. The van der Waals surface area contributed by atoms with E-state index in [0.717, 1.165) is 42.4 Å². The van der Waals surface area contributed by atoms with Crippen LogP contribution in [0.5, 0.6) is 5.75 Å². The molecule has 2 aliphatic rings. The Hall–Kier alpha value is -1.59. The first-order valence-electron chi connectivity index (χ1n) is 8.92. The van der Waals surface area contributed by atoms with E-state index >= 15 is 0 Å². The lowest BCUT2D eigenvalue weighted by atomic mass is 9.95. The molecule has 0 saturated carbocycles. The third-order valence-electron chi connectivity index (χ3n) is 5.03. The average Bonchev–Trinajstić information content (AvgIpc) is 3.06. The molecular formula is C20H26O4S. The molecule has 136 valence electrons. The fraction of sp³-hybridized carbons (Fsp3) is 0.500. The number of hydrogen-bond donors (Lipinski definition) is 1. The molecule has 0 aliphatic carbocycles. The molecule has 0 spiro atoms. The van der Waals surface area contributed by atoms with Gasteiger partial charge in [-0.15, -0.1) is 0 Å². The molecule has 0 unspecified atom stereocenters. The van der Waals surface area contributed by atoms with Gasteiger partial charge >= 0.3 is 0 Å². The van der Waals surface area contributed by atoms with Gasteiger partial charge in [-0.05, 0) is 49.5 Å². The maximum Gasteiger partial charge on any atom is 0.163 e. The van der Waals surface area contributed by atoms with Crippen molar-refractivity contribution in [1.82, 2.24) is 0 Å². The number of aromatic hydroxyl groups is 1. The molecular weight excluding hydrogens is 336 g/mol. The van der Waals surface area contributed by atoms with Crippen molar-refractivity contribution in [2.45, 2.75) is 50.9 Å². The first-order valence-corrected chi connectivity index (χ1v) is 10.6. The normalized spacial score (nSPS) is 25.4. The van der Waals surface area contributed by atoms with E-state index in [-0.39, 0.29) is 17.6 Å². The molecule has 2 heterocycles. The molecule has 4 nitrogen and oxygen atoms in total. The molecule has 1 N–H and O–H groups in total. The molecule has 0 bridgehead atoms. The minimum atomic E-state index is -3.05. The minimum Gasteiger partial charge on any atom is -0.508 e. The van der Waals surface area contributed by atoms with Crippen LogP contribution >= 0.6 is 0 Å². The van der Waals surface area contributed by atoms with Gasteiger partial charge in [0.2, 0.25) is 0 Å². The van der Waals surface area contributed by atoms with Gasteiger partial charge in [-0.2, -0.15) is 0 Å². The summed E-state index contributed by atoms with van der Waals surface area (Å²) in [6.07, 6.45) is 5.77. The van der Waals surface area contributed by atoms with Crippen LogP contribution in [0.15, 0.2) is 41.0 Å². The highest BCUT2D eigenvalue weighted by atomic mass is 32.2. The third-order valence-corrected chi connectivity index (χ3v) is 7.12. The van der Waals surface area contributed by atoms with Crippen molar-refractivity contribution in [3.05, 3.63) is 46.5 Å². The Kier molecular flexibility index (Phi) is 5.35. The van der Waals surface area contributed by atoms with Gasteiger partial charge in [-0.1, -0.05) is 42.7 Å². The second-order valence-corrected chi connectivity index (χ2v) is 9.22. The summed E-state index contributed by atoms with van der Waals surface area (Å²) in [6.45, 7) is 4.37. The summed E-state index contributed by atoms with van der Waals surface area (Å²) in [7, 11) is -3.05. The predicted molar refractivity (Wildman–Crippen MR) is 100 cm³/mol. The van der Waals surface area contributed by atoms with Crippen LogP contribution in [0.25, 0.3) is 6.08 Å². The maximum atomic E-state index is 12.2. The SMILES string of the molecule is CCC/C(=C\c1cccc(O)c1)CC[C@H]1OC[C@H]2C1=C(C)CS2(=O)=O. The van der Waals surface area contributed by atoms with Gasteiger partial charge in [0.15, 0.2) is 9.84 Å². The lowest BCUT2D eigenvalue weighted by molar-refractivity contribution is 0.117. The van der Waals surface area contributed by atoms with Crippen LogP contribution in [-0.2, 0) is 14.6 Å². The lowest BCUT2D eigenvalue weighted by Gasteiger charge is -2.14. The molecule has 1 saturated heterocycles. The third kappa shape index (κ3) is 3.98. The average molecular weight is 362 g/mol. The Morgan fingerprint density at radius 3 is 2.88 bits per heavy atom. The Bertz CT molecular complexity index is 805. The standard InChI is InChI=1S/C20H26O4S/c1-3-5-15(10-16-6-4-7-17(21)11-16)8-9-18-20-14(2)13-25(22,23)19(20)12-24-18/h4,6-7,10-11,18-19,21H,3,5,8-9,12-13H2,1-2H3/b15-10+/t18-,19+/m1/s1. The molecule has 5 heteroatoms. The molecule has 1 fully saturated rings. The van der Waals surface area contributed by atoms with Crippen molar-refractivity contribution in [3.63, 3.8) is 0 Å². The molecule has 1 aromatic rings. The van der Waals surface area contributed by atoms with Gasteiger partial charge in [-0.3, -0.25) is 0 Å². The van der Waals surface area contributed by atoms with Gasteiger partial charge in [0, 0.05) is 0 Å². The smallest absolute Gasteiger partial charge is 0.163 e. The predicted octanol–water partition coefficient (Wildman–Crippen LogP) is 3.87. The van der Waals surface area contributed by atoms with E-state index in [4.69, 9.17) is 4.74 Å². The molecule has 0 radical (unpaired) electrons. The van der Waals surface area contributed by atoms with Gasteiger partial charge < -0.3 is 9.84 Å². The molecule has 0 amide bonds. The van der Waals surface area contributed by atoms with Crippen LogP contribution in [0.1, 0.15) is 45.1 Å². The topological polar surface area (TPSA) is 63.6 Å². The minimum absolute atomic E-state index is 0.0771. The van der Waals surface area contributed by atoms with E-state index < -0.39 is 15.1 Å². The monoisotopic (exact) mass is 362 g/mol. The summed E-state index contributed by atoms with van der Waals surface area (Å²) in [6, 6.07) is 7.24. The van der Waals surface area contributed by atoms with E-state index in [9.17, 15) is 13.5 Å². The van der Waals surface area contributed by atoms with E-state index in [1.165, 1.54) is 5.57 Å². The number of sulfone groups is 1. The van der Waals surface area contributed by atoms with Gasteiger partial charge in [0.25, 0.3) is 0 Å². The summed E-state index contributed by atoms with van der Waals surface area (Å²) in [5, 5.41) is 9.21. The summed E-state index contributed by atoms with van der Waals surface area (Å²) in [5.41, 5.74) is 4.28. The summed E-state index contributed by atoms with van der Waals surface area (Å²) >= 11 is 0. The largest absolute Gasteiger partial charge is 0.508 e. The van der Waals surface area contributed by atoms with Crippen LogP contribution in [0, 0.1) is 0 Å². The molecule has 2 aliphatic heterocycles. The Morgan fingerprint density at radius 1 is 1.36 bits per heavy atom. The second-order valence-electron chi connectivity index (χ2n) is 7.04. The van der Waals surface area contributed by atoms with Crippen molar-refractivity contribution in [2.75, 3.05) is 12.4 Å². The Labute approximate surface area is 150 Å². The molecule has 25 heavy (non-hydrogen) atoms. The van der Waals surface area contributed by atoms with E-state index in [1.807, 2.05) is 19.1 Å². The quantitative estimate of drug-likeness (QED) is 0.780. The number of fused-ring (bicyclic) bond motifs is 1. The number of allylic oxidation sites excluding steroid dienone is 1. The Morgan fingerprint density at radius 2 is 2.16 bits per heavy atom. The molecule has 0 aromatic heterocycles. The van der Waals surface area contributed by atoms with Crippen molar-refractivity contribution in [3.8, 4) is 5.75 Å². The van der Waals surface area contributed by atoms with Crippen LogP contribution in [0.4, 0.5) is 0 Å². The van der Waals surface area contributed by atoms with E-state index in [0.29, 0.717) is 6.61 Å². The lowest BCUT2D eigenvalue weighted by Crippen LogP contribution is -2.19. The maximum absolute atomic E-state index is 12.2. The summed E-state index contributed by atoms with van der Waals surface area (Å²) in [4.78, 5) is 0. The number of rotatable bonds is 6. The fourth-order valence-electron chi connectivity index (χ4n) is 3.92. The van der Waals surface area contributed by atoms with Gasteiger partial charge in [-0.25, -0.2) is 8.42 Å². The van der Waals surface area contributed by atoms with Crippen LogP contribution in [0.3, 0.4) is 0 Å².